The third-order valence-corrected chi connectivity index (χ3v) is 5.85. The SMILES string of the molecule is CCCN(CC1CC1)S(=O)(=O)c1cc(C)c(F)c(CCl)c1. The first-order valence-corrected chi connectivity index (χ1v) is 9.22. The number of hydrogen-bond donors (Lipinski definition) is 0. The minimum atomic E-state index is -3.58. The van der Waals surface area contributed by atoms with Gasteiger partial charge in [-0.1, -0.05) is 6.92 Å². The molecule has 1 aromatic carbocycles. The molecule has 0 aromatic heterocycles. The van der Waals surface area contributed by atoms with Crippen LogP contribution >= 0.6 is 11.6 Å². The lowest BCUT2D eigenvalue weighted by atomic mass is 10.1. The maximum atomic E-state index is 13.8. The molecule has 0 saturated heterocycles. The van der Waals surface area contributed by atoms with Gasteiger partial charge in [-0.15, -0.1) is 11.6 Å². The first-order valence-electron chi connectivity index (χ1n) is 7.25. The normalized spacial score (nSPS) is 15.7. The molecule has 21 heavy (non-hydrogen) atoms. The molecule has 0 bridgehead atoms. The Bertz CT molecular complexity index is 614. The average molecular weight is 334 g/mol. The topological polar surface area (TPSA) is 37.4 Å². The van der Waals surface area contributed by atoms with Gasteiger partial charge in [0.25, 0.3) is 0 Å². The monoisotopic (exact) mass is 333 g/mol. The second kappa shape index (κ2) is 6.63. The molecule has 2 rings (SSSR count). The van der Waals surface area contributed by atoms with Crippen molar-refractivity contribution in [2.24, 2.45) is 5.92 Å². The van der Waals surface area contributed by atoms with Crippen molar-refractivity contribution < 1.29 is 12.8 Å². The van der Waals surface area contributed by atoms with Crippen molar-refractivity contribution in [3.63, 3.8) is 0 Å². The zero-order valence-corrected chi connectivity index (χ0v) is 14.0. The van der Waals surface area contributed by atoms with Gasteiger partial charge in [-0.05, 0) is 49.8 Å². The van der Waals surface area contributed by atoms with Crippen molar-refractivity contribution in [3.05, 3.63) is 29.1 Å². The van der Waals surface area contributed by atoms with Crippen LogP contribution in [0.25, 0.3) is 0 Å². The molecule has 3 nitrogen and oxygen atoms in total. The molecule has 6 heteroatoms. The van der Waals surface area contributed by atoms with Gasteiger partial charge in [-0.2, -0.15) is 4.31 Å². The minimum Gasteiger partial charge on any atom is -0.207 e. The lowest BCUT2D eigenvalue weighted by molar-refractivity contribution is 0.395. The average Bonchev–Trinajstić information content (AvgIpc) is 3.25. The van der Waals surface area contributed by atoms with Gasteiger partial charge < -0.3 is 0 Å². The van der Waals surface area contributed by atoms with Gasteiger partial charge in [-0.25, -0.2) is 12.8 Å². The van der Waals surface area contributed by atoms with Crippen molar-refractivity contribution in [1.29, 1.82) is 0 Å². The van der Waals surface area contributed by atoms with Crippen molar-refractivity contribution in [3.8, 4) is 0 Å². The zero-order chi connectivity index (χ0) is 15.6. The van der Waals surface area contributed by atoms with Gasteiger partial charge in [0.2, 0.25) is 10.0 Å². The minimum absolute atomic E-state index is 0.0353. The first kappa shape index (κ1) is 16.7. The maximum Gasteiger partial charge on any atom is 0.243 e. The molecule has 0 unspecified atom stereocenters. The van der Waals surface area contributed by atoms with Crippen LogP contribution in [-0.2, 0) is 15.9 Å². The summed E-state index contributed by atoms with van der Waals surface area (Å²) >= 11 is 5.71. The van der Waals surface area contributed by atoms with Crippen LogP contribution in [0.5, 0.6) is 0 Å². The maximum absolute atomic E-state index is 13.8. The molecule has 0 atom stereocenters. The highest BCUT2D eigenvalue weighted by molar-refractivity contribution is 7.89. The highest BCUT2D eigenvalue weighted by Crippen LogP contribution is 2.32. The Morgan fingerprint density at radius 2 is 2.05 bits per heavy atom. The number of sulfonamides is 1. The summed E-state index contributed by atoms with van der Waals surface area (Å²) < 4.78 is 40.9. The fraction of sp³-hybridized carbons (Fsp3) is 0.600. The van der Waals surface area contributed by atoms with Crippen LogP contribution in [0.4, 0.5) is 4.39 Å². The summed E-state index contributed by atoms with van der Waals surface area (Å²) in [6.45, 7) is 4.57. The van der Waals surface area contributed by atoms with E-state index in [1.165, 1.54) is 16.4 Å². The second-order valence-electron chi connectivity index (χ2n) is 5.65. The first-order chi connectivity index (χ1) is 9.90. The Morgan fingerprint density at radius 3 is 2.57 bits per heavy atom. The molecule has 0 N–H and O–H groups in total. The Kier molecular flexibility index (Phi) is 5.28. The van der Waals surface area contributed by atoms with Gasteiger partial charge in [0.05, 0.1) is 10.8 Å². The molecule has 0 aliphatic heterocycles. The van der Waals surface area contributed by atoms with E-state index >= 15 is 0 Å². The van der Waals surface area contributed by atoms with Crippen LogP contribution in [0, 0.1) is 18.7 Å². The Morgan fingerprint density at radius 1 is 1.38 bits per heavy atom. The highest BCUT2D eigenvalue weighted by atomic mass is 35.5. The molecule has 1 aromatic rings. The van der Waals surface area contributed by atoms with Crippen molar-refractivity contribution in [2.45, 2.75) is 43.9 Å². The second-order valence-corrected chi connectivity index (χ2v) is 7.86. The Balaban J connectivity index is 2.38. The molecular formula is C15H21ClFNO2S. The van der Waals surface area contributed by atoms with Crippen LogP contribution in [0.2, 0.25) is 0 Å². The predicted molar refractivity (Wildman–Crippen MR) is 82.5 cm³/mol. The summed E-state index contributed by atoms with van der Waals surface area (Å²) in [4.78, 5) is 0.145. The molecule has 1 fully saturated rings. The summed E-state index contributed by atoms with van der Waals surface area (Å²) in [6, 6.07) is 2.76. The molecule has 0 spiro atoms. The van der Waals surface area contributed by atoms with E-state index in [2.05, 4.69) is 0 Å². The quantitative estimate of drug-likeness (QED) is 0.714. The van der Waals surface area contributed by atoms with Gasteiger partial charge >= 0.3 is 0 Å². The molecular weight excluding hydrogens is 313 g/mol. The van der Waals surface area contributed by atoms with Crippen LogP contribution in [0.3, 0.4) is 0 Å². The Labute approximate surface area is 131 Å². The third-order valence-electron chi connectivity index (χ3n) is 3.72. The van der Waals surface area contributed by atoms with E-state index in [0.717, 1.165) is 19.3 Å². The molecule has 0 radical (unpaired) electrons. The fourth-order valence-electron chi connectivity index (χ4n) is 2.35. The van der Waals surface area contributed by atoms with E-state index in [-0.39, 0.29) is 16.3 Å². The van der Waals surface area contributed by atoms with Gasteiger partial charge in [0, 0.05) is 18.7 Å². The van der Waals surface area contributed by atoms with E-state index in [1.807, 2.05) is 6.92 Å². The summed E-state index contributed by atoms with van der Waals surface area (Å²) in [5, 5.41) is 0. The van der Waals surface area contributed by atoms with Gasteiger partial charge in [0.1, 0.15) is 5.82 Å². The molecule has 1 aliphatic rings. The number of nitrogens with zero attached hydrogens (tertiary/aromatic N) is 1. The number of benzene rings is 1. The van der Waals surface area contributed by atoms with Crippen molar-refractivity contribution >= 4 is 21.6 Å². The van der Waals surface area contributed by atoms with E-state index < -0.39 is 15.8 Å². The van der Waals surface area contributed by atoms with E-state index in [0.29, 0.717) is 24.6 Å². The molecule has 0 amide bonds. The van der Waals surface area contributed by atoms with Gasteiger partial charge in [0.15, 0.2) is 0 Å². The van der Waals surface area contributed by atoms with E-state index in [1.54, 1.807) is 6.92 Å². The Hall–Kier alpha value is -0.650. The van der Waals surface area contributed by atoms with Crippen LogP contribution in [0.15, 0.2) is 17.0 Å². The number of hydrogen-bond acceptors (Lipinski definition) is 2. The van der Waals surface area contributed by atoms with Crippen LogP contribution in [-0.4, -0.2) is 25.8 Å². The molecule has 0 heterocycles. The van der Waals surface area contributed by atoms with Crippen molar-refractivity contribution in [1.82, 2.24) is 4.31 Å². The highest BCUT2D eigenvalue weighted by Gasteiger charge is 2.31. The summed E-state index contributed by atoms with van der Waals surface area (Å²) in [5.74, 6) is 0.0143. The zero-order valence-electron chi connectivity index (χ0n) is 12.4. The van der Waals surface area contributed by atoms with E-state index in [9.17, 15) is 12.8 Å². The van der Waals surface area contributed by atoms with E-state index in [4.69, 9.17) is 11.6 Å². The summed E-state index contributed by atoms with van der Waals surface area (Å²) in [7, 11) is -3.58. The summed E-state index contributed by atoms with van der Waals surface area (Å²) in [6.07, 6.45) is 2.94. The van der Waals surface area contributed by atoms with Crippen LogP contribution < -0.4 is 0 Å². The van der Waals surface area contributed by atoms with Gasteiger partial charge in [-0.3, -0.25) is 0 Å². The molecule has 1 aliphatic carbocycles. The predicted octanol–water partition coefficient (Wildman–Crippen LogP) is 3.68. The van der Waals surface area contributed by atoms with Crippen LogP contribution in [0.1, 0.15) is 37.3 Å². The number of halogens is 2. The lowest BCUT2D eigenvalue weighted by Crippen LogP contribution is -2.33. The number of rotatable bonds is 7. The molecule has 1 saturated carbocycles. The summed E-state index contributed by atoms with van der Waals surface area (Å²) in [5.41, 5.74) is 0.549. The standard InChI is InChI=1S/C15H21ClFNO2S/c1-3-6-18(10-12-4-5-12)21(19,20)14-7-11(2)15(17)13(8-14)9-16/h7-8,12H,3-6,9-10H2,1-2H3. The number of aryl methyl sites for hydroxylation is 1. The smallest absolute Gasteiger partial charge is 0.207 e. The van der Waals surface area contributed by atoms with Crippen molar-refractivity contribution in [2.75, 3.05) is 13.1 Å². The fourth-order valence-corrected chi connectivity index (χ4v) is 4.29. The number of alkyl halides is 1. The lowest BCUT2D eigenvalue weighted by Gasteiger charge is -2.22. The molecule has 118 valence electrons. The third kappa shape index (κ3) is 3.76. The largest absolute Gasteiger partial charge is 0.243 e.